The average Bonchev–Trinajstić information content (AvgIpc) is 3.11. The highest BCUT2D eigenvalue weighted by Crippen LogP contribution is 2.32. The van der Waals surface area contributed by atoms with Gasteiger partial charge in [0.1, 0.15) is 11.0 Å². The summed E-state index contributed by atoms with van der Waals surface area (Å²) in [7, 11) is 0. The van der Waals surface area contributed by atoms with Gasteiger partial charge >= 0.3 is 5.97 Å². The molecule has 7 heteroatoms. The second kappa shape index (κ2) is 6.54. The maximum Gasteiger partial charge on any atom is 0.320 e. The van der Waals surface area contributed by atoms with Gasteiger partial charge in [0, 0.05) is 16.0 Å². The fraction of sp³-hybridized carbons (Fsp3) is 0.333. The van der Waals surface area contributed by atoms with Gasteiger partial charge in [-0.1, -0.05) is 23.2 Å². The molecule has 1 aliphatic rings. The Balaban J connectivity index is 1.79. The number of carbonyl (C=O) groups is 1. The van der Waals surface area contributed by atoms with Crippen LogP contribution in [-0.4, -0.2) is 33.5 Å². The van der Waals surface area contributed by atoms with Gasteiger partial charge in [-0.15, -0.1) is 11.3 Å². The van der Waals surface area contributed by atoms with E-state index in [2.05, 4.69) is 4.98 Å². The Morgan fingerprint density at radius 2 is 2.27 bits per heavy atom. The van der Waals surface area contributed by atoms with Crippen molar-refractivity contribution in [3.05, 3.63) is 38.6 Å². The lowest BCUT2D eigenvalue weighted by molar-refractivity contribution is -0.142. The van der Waals surface area contributed by atoms with Gasteiger partial charge in [0.15, 0.2) is 0 Å². The van der Waals surface area contributed by atoms with E-state index in [0.717, 1.165) is 29.2 Å². The molecule has 3 rings (SSSR count). The lowest BCUT2D eigenvalue weighted by Crippen LogP contribution is -2.35. The van der Waals surface area contributed by atoms with Gasteiger partial charge in [-0.25, -0.2) is 4.98 Å². The Morgan fingerprint density at radius 3 is 3.05 bits per heavy atom. The van der Waals surface area contributed by atoms with Gasteiger partial charge in [-0.05, 0) is 37.6 Å². The molecule has 0 amide bonds. The third kappa shape index (κ3) is 3.27. The van der Waals surface area contributed by atoms with E-state index in [-0.39, 0.29) is 0 Å². The predicted molar refractivity (Wildman–Crippen MR) is 88.6 cm³/mol. The molecule has 2 aromatic rings. The smallest absolute Gasteiger partial charge is 0.320 e. The fourth-order valence-electron chi connectivity index (χ4n) is 2.67. The molecule has 1 aromatic carbocycles. The first kappa shape index (κ1) is 15.7. The Hall–Kier alpha value is -1.14. The molecule has 1 atom stereocenters. The Labute approximate surface area is 142 Å². The number of carboxylic acid groups (broad SMARTS) is 1. The zero-order valence-electron chi connectivity index (χ0n) is 11.6. The number of aromatic nitrogens is 1. The molecule has 1 fully saturated rings. The number of halogens is 2. The van der Waals surface area contributed by atoms with Gasteiger partial charge in [0.05, 0.1) is 17.3 Å². The van der Waals surface area contributed by atoms with Crippen molar-refractivity contribution in [1.29, 1.82) is 0 Å². The van der Waals surface area contributed by atoms with Gasteiger partial charge in [0.2, 0.25) is 0 Å². The van der Waals surface area contributed by atoms with E-state index in [1.54, 1.807) is 18.2 Å². The van der Waals surface area contributed by atoms with Crippen molar-refractivity contribution in [2.45, 2.75) is 25.4 Å². The van der Waals surface area contributed by atoms with E-state index >= 15 is 0 Å². The molecule has 1 N–H and O–H groups in total. The minimum atomic E-state index is -0.757. The van der Waals surface area contributed by atoms with Crippen LogP contribution in [0.15, 0.2) is 23.6 Å². The third-order valence-electron chi connectivity index (χ3n) is 3.74. The number of hydrogen-bond acceptors (Lipinski definition) is 4. The number of benzene rings is 1. The maximum atomic E-state index is 11.2. The summed E-state index contributed by atoms with van der Waals surface area (Å²) in [6, 6.07) is 4.88. The van der Waals surface area contributed by atoms with Crippen LogP contribution in [0.25, 0.3) is 11.3 Å². The first-order valence-electron chi connectivity index (χ1n) is 6.91. The quantitative estimate of drug-likeness (QED) is 0.893. The lowest BCUT2D eigenvalue weighted by Gasteiger charge is -2.19. The van der Waals surface area contributed by atoms with Gasteiger partial charge in [0.25, 0.3) is 0 Å². The topological polar surface area (TPSA) is 53.4 Å². The summed E-state index contributed by atoms with van der Waals surface area (Å²) in [5.41, 5.74) is 1.58. The van der Waals surface area contributed by atoms with Crippen molar-refractivity contribution in [2.75, 3.05) is 6.54 Å². The van der Waals surface area contributed by atoms with Crippen LogP contribution in [0.1, 0.15) is 17.8 Å². The molecule has 0 radical (unpaired) electrons. The zero-order valence-corrected chi connectivity index (χ0v) is 14.0. The highest BCUT2D eigenvalue weighted by Gasteiger charge is 2.30. The average molecular weight is 357 g/mol. The van der Waals surface area contributed by atoms with Crippen LogP contribution in [0.4, 0.5) is 0 Å². The molecule has 0 spiro atoms. The second-order valence-electron chi connectivity index (χ2n) is 5.22. The van der Waals surface area contributed by atoms with Crippen LogP contribution < -0.4 is 0 Å². The zero-order chi connectivity index (χ0) is 15.7. The highest BCUT2D eigenvalue weighted by atomic mass is 35.5. The Bertz CT molecular complexity index is 705. The third-order valence-corrected chi connectivity index (χ3v) is 5.14. The van der Waals surface area contributed by atoms with E-state index in [1.165, 1.54) is 11.3 Å². The summed E-state index contributed by atoms with van der Waals surface area (Å²) >= 11 is 13.7. The normalized spacial score (nSPS) is 18.7. The number of nitrogens with zero attached hydrogens (tertiary/aromatic N) is 2. The SMILES string of the molecule is O=C(O)C1CCCN1Cc1nc(-c2cc(Cl)ccc2Cl)cs1. The van der Waals surface area contributed by atoms with E-state index < -0.39 is 12.0 Å². The summed E-state index contributed by atoms with van der Waals surface area (Å²) in [5, 5.41) is 13.3. The van der Waals surface area contributed by atoms with Gasteiger partial charge < -0.3 is 5.11 Å². The Morgan fingerprint density at radius 1 is 1.45 bits per heavy atom. The molecule has 2 heterocycles. The van der Waals surface area contributed by atoms with Crippen LogP contribution in [0.3, 0.4) is 0 Å². The van der Waals surface area contributed by atoms with Crippen LogP contribution >= 0.6 is 34.5 Å². The number of aliphatic carboxylic acids is 1. The molecule has 4 nitrogen and oxygen atoms in total. The molecule has 0 saturated carbocycles. The number of rotatable bonds is 4. The van der Waals surface area contributed by atoms with E-state index in [9.17, 15) is 9.90 Å². The molecule has 1 aliphatic heterocycles. The first-order valence-corrected chi connectivity index (χ1v) is 8.55. The second-order valence-corrected chi connectivity index (χ2v) is 7.00. The van der Waals surface area contributed by atoms with Crippen molar-refractivity contribution in [2.24, 2.45) is 0 Å². The predicted octanol–water partition coefficient (Wildman–Crippen LogP) is 4.17. The summed E-state index contributed by atoms with van der Waals surface area (Å²) < 4.78 is 0. The molecule has 1 unspecified atom stereocenters. The molecule has 116 valence electrons. The lowest BCUT2D eigenvalue weighted by atomic mass is 10.2. The molecule has 1 saturated heterocycles. The largest absolute Gasteiger partial charge is 0.480 e. The number of hydrogen-bond donors (Lipinski definition) is 1. The monoisotopic (exact) mass is 356 g/mol. The van der Waals surface area contributed by atoms with Crippen LogP contribution in [0, 0.1) is 0 Å². The van der Waals surface area contributed by atoms with Crippen LogP contribution in [0.2, 0.25) is 10.0 Å². The fourth-order valence-corrected chi connectivity index (χ4v) is 3.88. The minimum Gasteiger partial charge on any atom is -0.480 e. The van der Waals surface area contributed by atoms with Crippen LogP contribution in [-0.2, 0) is 11.3 Å². The standard InChI is InChI=1S/C15H14Cl2N2O2S/c16-9-3-4-11(17)10(6-9)12-8-22-14(18-12)7-19-5-1-2-13(19)15(20)21/h3-4,6,8,13H,1-2,5,7H2,(H,20,21). The van der Waals surface area contributed by atoms with E-state index in [4.69, 9.17) is 23.2 Å². The van der Waals surface area contributed by atoms with Crippen molar-refractivity contribution in [3.63, 3.8) is 0 Å². The number of thiazole rings is 1. The number of carboxylic acids is 1. The van der Waals surface area contributed by atoms with Gasteiger partial charge in [-0.2, -0.15) is 0 Å². The van der Waals surface area contributed by atoms with Crippen molar-refractivity contribution >= 4 is 40.5 Å². The van der Waals surface area contributed by atoms with Gasteiger partial charge in [-0.3, -0.25) is 9.69 Å². The number of likely N-dealkylation sites (tertiary alicyclic amines) is 1. The molecule has 1 aromatic heterocycles. The molecule has 0 aliphatic carbocycles. The van der Waals surface area contributed by atoms with Crippen molar-refractivity contribution in [1.82, 2.24) is 9.88 Å². The van der Waals surface area contributed by atoms with Crippen molar-refractivity contribution < 1.29 is 9.90 Å². The molecular formula is C15H14Cl2N2O2S. The van der Waals surface area contributed by atoms with Crippen LogP contribution in [0.5, 0.6) is 0 Å². The maximum absolute atomic E-state index is 11.2. The molecule has 22 heavy (non-hydrogen) atoms. The summed E-state index contributed by atoms with van der Waals surface area (Å²) in [6.07, 6.45) is 1.61. The van der Waals surface area contributed by atoms with E-state index in [0.29, 0.717) is 23.0 Å². The Kier molecular flexibility index (Phi) is 4.68. The van der Waals surface area contributed by atoms with Crippen molar-refractivity contribution in [3.8, 4) is 11.3 Å². The molecular weight excluding hydrogens is 343 g/mol. The minimum absolute atomic E-state index is 0.401. The first-order chi connectivity index (χ1) is 10.5. The summed E-state index contributed by atoms with van der Waals surface area (Å²) in [4.78, 5) is 17.8. The highest BCUT2D eigenvalue weighted by molar-refractivity contribution is 7.09. The van der Waals surface area contributed by atoms with E-state index in [1.807, 2.05) is 10.3 Å². The summed E-state index contributed by atoms with van der Waals surface area (Å²) in [5.74, 6) is -0.757. The summed E-state index contributed by atoms with van der Waals surface area (Å²) in [6.45, 7) is 1.35. The molecule has 0 bridgehead atoms.